The fourth-order valence-electron chi connectivity index (χ4n) is 3.94. The molecule has 12 heteroatoms. The summed E-state index contributed by atoms with van der Waals surface area (Å²) in [5.41, 5.74) is -2.40. The summed E-state index contributed by atoms with van der Waals surface area (Å²) in [5, 5.41) is 0. The Hall–Kier alpha value is -2.89. The Balaban J connectivity index is 2.03. The van der Waals surface area contributed by atoms with Crippen LogP contribution < -0.4 is 9.08 Å². The lowest BCUT2D eigenvalue weighted by Crippen LogP contribution is -2.38. The number of ether oxygens (including phenoxy) is 1. The minimum Gasteiger partial charge on any atom is -0.463 e. The number of nitrogens with zero attached hydrogens (tertiary/aromatic N) is 3. The number of piperidine rings is 1. The van der Waals surface area contributed by atoms with Gasteiger partial charge in [0.05, 0.1) is 30.1 Å². The van der Waals surface area contributed by atoms with Gasteiger partial charge in [-0.2, -0.15) is 21.6 Å². The first-order valence-electron chi connectivity index (χ1n) is 11.5. The highest BCUT2D eigenvalue weighted by Gasteiger charge is 2.48. The summed E-state index contributed by atoms with van der Waals surface area (Å²) in [6.07, 6.45) is 4.05. The zero-order chi connectivity index (χ0) is 26.9. The minimum atomic E-state index is -5.81. The van der Waals surface area contributed by atoms with Crippen LogP contribution in [-0.4, -0.2) is 49.1 Å². The van der Waals surface area contributed by atoms with E-state index in [0.29, 0.717) is 22.5 Å². The van der Waals surface area contributed by atoms with Crippen LogP contribution >= 0.6 is 0 Å². The highest BCUT2D eigenvalue weighted by molar-refractivity contribution is 7.88. The molecule has 1 fully saturated rings. The number of aryl methyl sites for hydroxylation is 1. The van der Waals surface area contributed by atoms with Crippen LogP contribution in [-0.2, 0) is 26.1 Å². The molecule has 1 aliphatic heterocycles. The number of hydrogen-bond acceptors (Lipinski definition) is 8. The molecule has 0 atom stereocenters. The zero-order valence-electron chi connectivity index (χ0n) is 20.8. The number of hydrogen-bond donors (Lipinski definition) is 0. The van der Waals surface area contributed by atoms with Crippen molar-refractivity contribution >= 4 is 21.8 Å². The van der Waals surface area contributed by atoms with Crippen LogP contribution in [0.5, 0.6) is 5.75 Å². The third kappa shape index (κ3) is 6.45. The monoisotopic (exact) mass is 529 g/mol. The van der Waals surface area contributed by atoms with Crippen molar-refractivity contribution < 1.29 is 35.3 Å². The molecule has 2 aromatic heterocycles. The van der Waals surface area contributed by atoms with Crippen molar-refractivity contribution in [3.63, 3.8) is 0 Å². The van der Waals surface area contributed by atoms with E-state index in [9.17, 15) is 26.4 Å². The second-order valence-corrected chi connectivity index (χ2v) is 11.4. The van der Waals surface area contributed by atoms with Gasteiger partial charge in [-0.05, 0) is 51.2 Å². The van der Waals surface area contributed by atoms with Gasteiger partial charge in [-0.3, -0.25) is 14.8 Å². The lowest BCUT2D eigenvalue weighted by molar-refractivity contribution is -0.146. The molecular formula is C24H30F3N3O5S. The second-order valence-electron chi connectivity index (χ2n) is 9.81. The molecule has 0 aromatic carbocycles. The highest BCUT2D eigenvalue weighted by Crippen LogP contribution is 2.39. The van der Waals surface area contributed by atoms with E-state index < -0.39 is 27.3 Å². The van der Waals surface area contributed by atoms with E-state index in [1.807, 2.05) is 0 Å². The van der Waals surface area contributed by atoms with Crippen LogP contribution in [0.2, 0.25) is 0 Å². The topological polar surface area (TPSA) is 98.7 Å². The van der Waals surface area contributed by atoms with Gasteiger partial charge in [0.15, 0.2) is 5.75 Å². The van der Waals surface area contributed by atoms with Gasteiger partial charge in [-0.15, -0.1) is 0 Å². The molecule has 1 saturated heterocycles. The molecular weight excluding hydrogens is 499 g/mol. The largest absolute Gasteiger partial charge is 0.534 e. The molecule has 0 spiro atoms. The second kappa shape index (κ2) is 10.2. The minimum absolute atomic E-state index is 0.00883. The Morgan fingerprint density at radius 3 is 2.31 bits per heavy atom. The Kier molecular flexibility index (Phi) is 7.87. The summed E-state index contributed by atoms with van der Waals surface area (Å²) in [5.74, 6) is -0.974. The van der Waals surface area contributed by atoms with E-state index >= 15 is 0 Å². The fraction of sp³-hybridized carbons (Fsp3) is 0.542. The molecule has 2 aromatic rings. The van der Waals surface area contributed by atoms with Crippen LogP contribution in [0.15, 0.2) is 24.5 Å². The van der Waals surface area contributed by atoms with Gasteiger partial charge < -0.3 is 13.8 Å². The van der Waals surface area contributed by atoms with E-state index in [4.69, 9.17) is 4.74 Å². The van der Waals surface area contributed by atoms with Crippen molar-refractivity contribution in [2.75, 3.05) is 18.0 Å². The normalized spacial score (nSPS) is 16.2. The lowest BCUT2D eigenvalue weighted by Gasteiger charge is -2.40. The number of esters is 1. The first-order valence-corrected chi connectivity index (χ1v) is 12.9. The van der Waals surface area contributed by atoms with Crippen molar-refractivity contribution in [3.8, 4) is 17.0 Å². The number of pyridine rings is 2. The Labute approximate surface area is 209 Å². The van der Waals surface area contributed by atoms with Crippen molar-refractivity contribution in [3.05, 3.63) is 35.8 Å². The van der Waals surface area contributed by atoms with Crippen LogP contribution in [0.3, 0.4) is 0 Å². The van der Waals surface area contributed by atoms with Gasteiger partial charge in [-0.25, -0.2) is 0 Å². The zero-order valence-corrected chi connectivity index (χ0v) is 21.7. The molecule has 8 nitrogen and oxygen atoms in total. The number of carbonyl (C=O) groups is 1. The summed E-state index contributed by atoms with van der Waals surface area (Å²) < 4.78 is 70.1. The molecule has 36 heavy (non-hydrogen) atoms. The SMILES string of the molecule is Cc1ncc(-c2ccc(OS(=O)(=O)C(F)(F)F)cn2)c(N2CCC(C)(C)CC2)c1CC(=O)OC(C)C. The smallest absolute Gasteiger partial charge is 0.463 e. The molecule has 0 unspecified atom stereocenters. The average molecular weight is 530 g/mol. The summed E-state index contributed by atoms with van der Waals surface area (Å²) in [6, 6.07) is 2.46. The van der Waals surface area contributed by atoms with Crippen molar-refractivity contribution in [2.24, 2.45) is 5.41 Å². The molecule has 198 valence electrons. The highest BCUT2D eigenvalue weighted by atomic mass is 32.2. The Morgan fingerprint density at radius 1 is 1.14 bits per heavy atom. The van der Waals surface area contributed by atoms with Gasteiger partial charge in [0.2, 0.25) is 0 Å². The average Bonchev–Trinajstić information content (AvgIpc) is 2.74. The summed E-state index contributed by atoms with van der Waals surface area (Å²) in [4.78, 5) is 23.3. The van der Waals surface area contributed by atoms with Crippen molar-refractivity contribution in [1.29, 1.82) is 0 Å². The quantitative estimate of drug-likeness (QED) is 0.287. The standard InChI is InChI=1S/C24H30F3N3O5S/c1-15(2)34-21(31)12-18-16(3)28-14-19(22(18)30-10-8-23(4,5)9-11-30)20-7-6-17(13-29-20)35-36(32,33)24(25,26)27/h6-7,13-15H,8-12H2,1-5H3. The molecule has 3 rings (SSSR count). The van der Waals surface area contributed by atoms with E-state index in [0.717, 1.165) is 43.9 Å². The van der Waals surface area contributed by atoms with Gasteiger partial charge in [-0.1, -0.05) is 13.8 Å². The number of rotatable bonds is 7. The van der Waals surface area contributed by atoms with E-state index in [-0.39, 0.29) is 17.9 Å². The number of halogens is 3. The van der Waals surface area contributed by atoms with Gasteiger partial charge in [0, 0.05) is 36.1 Å². The maximum absolute atomic E-state index is 12.7. The lowest BCUT2D eigenvalue weighted by atomic mass is 9.82. The maximum atomic E-state index is 12.7. The maximum Gasteiger partial charge on any atom is 0.534 e. The van der Waals surface area contributed by atoms with E-state index in [1.165, 1.54) is 6.07 Å². The number of anilines is 1. The molecule has 0 bridgehead atoms. The van der Waals surface area contributed by atoms with Crippen LogP contribution in [0.4, 0.5) is 18.9 Å². The number of aromatic nitrogens is 2. The van der Waals surface area contributed by atoms with Gasteiger partial charge >= 0.3 is 21.6 Å². The first-order chi connectivity index (χ1) is 16.6. The van der Waals surface area contributed by atoms with Crippen molar-refractivity contribution in [2.45, 2.75) is 65.5 Å². The molecule has 3 heterocycles. The number of carbonyl (C=O) groups excluding carboxylic acids is 1. The third-order valence-electron chi connectivity index (χ3n) is 5.99. The van der Waals surface area contributed by atoms with Crippen LogP contribution in [0.1, 0.15) is 51.8 Å². The summed E-state index contributed by atoms with van der Waals surface area (Å²) in [7, 11) is -5.81. The molecule has 0 N–H and O–H groups in total. The first kappa shape index (κ1) is 27.7. The molecule has 0 saturated carbocycles. The predicted molar refractivity (Wildman–Crippen MR) is 128 cm³/mol. The molecule has 0 aliphatic carbocycles. The molecule has 0 radical (unpaired) electrons. The van der Waals surface area contributed by atoms with Crippen LogP contribution in [0, 0.1) is 12.3 Å². The third-order valence-corrected chi connectivity index (χ3v) is 6.97. The summed E-state index contributed by atoms with van der Waals surface area (Å²) >= 11 is 0. The van der Waals surface area contributed by atoms with Gasteiger partial charge in [0.1, 0.15) is 0 Å². The molecule has 0 amide bonds. The molecule has 1 aliphatic rings. The van der Waals surface area contributed by atoms with Crippen LogP contribution in [0.25, 0.3) is 11.3 Å². The predicted octanol–water partition coefficient (Wildman–Crippen LogP) is 4.80. The van der Waals surface area contributed by atoms with E-state index in [2.05, 4.69) is 32.9 Å². The fourth-order valence-corrected chi connectivity index (χ4v) is 4.39. The Bertz CT molecular complexity index is 1200. The van der Waals surface area contributed by atoms with Gasteiger partial charge in [0.25, 0.3) is 0 Å². The summed E-state index contributed by atoms with van der Waals surface area (Å²) in [6.45, 7) is 11.2. The van der Waals surface area contributed by atoms with Crippen molar-refractivity contribution in [1.82, 2.24) is 9.97 Å². The number of alkyl halides is 3. The Morgan fingerprint density at radius 2 is 1.78 bits per heavy atom. The van der Waals surface area contributed by atoms with E-state index in [1.54, 1.807) is 27.0 Å².